The summed E-state index contributed by atoms with van der Waals surface area (Å²) >= 11 is 1.47. The van der Waals surface area contributed by atoms with Gasteiger partial charge in [-0.1, -0.05) is 6.92 Å². The third-order valence-corrected chi connectivity index (χ3v) is 8.75. The van der Waals surface area contributed by atoms with Crippen molar-refractivity contribution in [2.45, 2.75) is 63.1 Å². The number of aliphatic imine (C=N–C) groups is 1. The zero-order valence-electron chi connectivity index (χ0n) is 19.5. The lowest BCUT2D eigenvalue weighted by molar-refractivity contribution is -0.163. The molecule has 11 heteroatoms. The van der Waals surface area contributed by atoms with Crippen molar-refractivity contribution in [1.82, 2.24) is 14.7 Å². The van der Waals surface area contributed by atoms with E-state index in [1.807, 2.05) is 23.8 Å². The Balaban J connectivity index is 1.45. The molecule has 0 saturated carbocycles. The number of carbonyl (C=O) groups is 3. The lowest BCUT2D eigenvalue weighted by Gasteiger charge is -2.46. The number of rotatable bonds is 6. The Bertz CT molecular complexity index is 917. The van der Waals surface area contributed by atoms with E-state index < -0.39 is 18.0 Å². The van der Waals surface area contributed by atoms with E-state index >= 15 is 0 Å². The number of aliphatic hydroxyl groups excluding tert-OH is 1. The highest BCUT2D eigenvalue weighted by Crippen LogP contribution is 2.52. The minimum absolute atomic E-state index is 0.0363. The number of hydrogen-bond donors (Lipinski definition) is 3. The Morgan fingerprint density at radius 3 is 2.61 bits per heavy atom. The molecule has 2 amide bonds. The fourth-order valence-corrected chi connectivity index (χ4v) is 7.33. The molecule has 0 radical (unpaired) electrons. The van der Waals surface area contributed by atoms with Gasteiger partial charge >= 0.3 is 5.97 Å². The van der Waals surface area contributed by atoms with E-state index in [1.165, 1.54) is 16.7 Å². The number of thioether (sulfide) groups is 1. The standard InChI is InChI=1S/C22H33N5O5S/c1-10-17-16(11(2)28)21(30)27(17)18(22(31)32)19(10)33-14-7-15(25(4)9-14)20(29)26-6-5-13(8-26)24-12(3)23/h10-11,13-17,28H,5-9H2,1-4H3,(H2,23,24)(H,31,32)/t10-,11-,13+,14+,15+,16-,17-/m1/s1. The van der Waals surface area contributed by atoms with Crippen LogP contribution in [-0.2, 0) is 14.4 Å². The second-order valence-electron chi connectivity index (χ2n) is 9.70. The number of β-lactam (4-membered cyclic amide) rings is 1. The summed E-state index contributed by atoms with van der Waals surface area (Å²) in [6.07, 6.45) is 0.593. The molecule has 3 fully saturated rings. The highest BCUT2D eigenvalue weighted by molar-refractivity contribution is 8.03. The Morgan fingerprint density at radius 2 is 2.00 bits per heavy atom. The van der Waals surface area contributed by atoms with E-state index in [1.54, 1.807) is 13.8 Å². The predicted octanol–water partition coefficient (Wildman–Crippen LogP) is -0.0760. The fourth-order valence-electron chi connectivity index (χ4n) is 5.73. The van der Waals surface area contributed by atoms with Crippen molar-refractivity contribution < 1.29 is 24.6 Å². The SMILES string of the molecule is CC(N)=N[C@H]1CCN(C(=O)[C@@H]2C[C@H](SC3=C(C(=O)O)N4C(=O)[C@H]([C@@H](C)O)[C@H]4[C@H]3C)CN2C)C1. The first-order valence-electron chi connectivity index (χ1n) is 11.4. The molecule has 4 aliphatic rings. The molecular formula is C22H33N5O5S. The molecule has 33 heavy (non-hydrogen) atoms. The number of nitrogens with zero attached hydrogens (tertiary/aromatic N) is 4. The van der Waals surface area contributed by atoms with Crippen LogP contribution in [0, 0.1) is 11.8 Å². The average Bonchev–Trinajstić information content (AvgIpc) is 3.37. The molecule has 4 N–H and O–H groups in total. The van der Waals surface area contributed by atoms with Gasteiger partial charge in [-0.25, -0.2) is 4.79 Å². The first-order valence-corrected chi connectivity index (χ1v) is 12.3. The van der Waals surface area contributed by atoms with Crippen molar-refractivity contribution in [1.29, 1.82) is 0 Å². The maximum atomic E-state index is 13.2. The quantitative estimate of drug-likeness (QED) is 0.273. The normalized spacial score (nSPS) is 35.8. The highest BCUT2D eigenvalue weighted by atomic mass is 32.2. The van der Waals surface area contributed by atoms with Crippen LogP contribution in [0.25, 0.3) is 0 Å². The summed E-state index contributed by atoms with van der Waals surface area (Å²) < 4.78 is 0. The van der Waals surface area contributed by atoms with Crippen molar-refractivity contribution in [2.24, 2.45) is 22.6 Å². The summed E-state index contributed by atoms with van der Waals surface area (Å²) in [5.41, 5.74) is 5.72. The summed E-state index contributed by atoms with van der Waals surface area (Å²) in [6.45, 7) is 7.13. The molecule has 7 atom stereocenters. The first kappa shape index (κ1) is 24.0. The van der Waals surface area contributed by atoms with Gasteiger partial charge in [-0.15, -0.1) is 11.8 Å². The summed E-state index contributed by atoms with van der Waals surface area (Å²) in [7, 11) is 1.92. The Labute approximate surface area is 197 Å². The molecule has 0 aromatic heterocycles. The molecule has 4 heterocycles. The van der Waals surface area contributed by atoms with E-state index in [0.29, 0.717) is 36.8 Å². The van der Waals surface area contributed by atoms with Gasteiger partial charge in [0, 0.05) is 35.7 Å². The number of fused-ring (bicyclic) bond motifs is 1. The van der Waals surface area contributed by atoms with Gasteiger partial charge in [0.05, 0.1) is 36.0 Å². The molecule has 0 aromatic carbocycles. The van der Waals surface area contributed by atoms with Crippen LogP contribution in [0.3, 0.4) is 0 Å². The number of carbonyl (C=O) groups excluding carboxylic acids is 2. The third kappa shape index (κ3) is 4.15. The molecule has 0 bridgehead atoms. The zero-order chi connectivity index (χ0) is 24.2. The monoisotopic (exact) mass is 479 g/mol. The van der Waals surface area contributed by atoms with E-state index in [0.717, 1.165) is 6.42 Å². The van der Waals surface area contributed by atoms with E-state index in [4.69, 9.17) is 5.73 Å². The Hall–Kier alpha value is -2.11. The van der Waals surface area contributed by atoms with Crippen LogP contribution in [-0.4, -0.2) is 105 Å². The van der Waals surface area contributed by atoms with Crippen molar-refractivity contribution in [3.8, 4) is 0 Å². The van der Waals surface area contributed by atoms with Gasteiger partial charge in [0.2, 0.25) is 11.8 Å². The minimum Gasteiger partial charge on any atom is -0.477 e. The maximum Gasteiger partial charge on any atom is 0.353 e. The molecule has 0 spiro atoms. The number of carboxylic acid groups (broad SMARTS) is 1. The molecule has 0 unspecified atom stereocenters. The van der Waals surface area contributed by atoms with Gasteiger partial charge < -0.3 is 25.7 Å². The van der Waals surface area contributed by atoms with Crippen molar-refractivity contribution in [3.05, 3.63) is 10.6 Å². The largest absolute Gasteiger partial charge is 0.477 e. The van der Waals surface area contributed by atoms with Crippen molar-refractivity contribution in [3.63, 3.8) is 0 Å². The summed E-state index contributed by atoms with van der Waals surface area (Å²) in [6, 6.07) is -0.545. The predicted molar refractivity (Wildman–Crippen MR) is 124 cm³/mol. The second kappa shape index (κ2) is 8.92. The summed E-state index contributed by atoms with van der Waals surface area (Å²) in [5.74, 6) is -1.59. The number of amides is 2. The Kier molecular flexibility index (Phi) is 6.49. The minimum atomic E-state index is -1.12. The summed E-state index contributed by atoms with van der Waals surface area (Å²) in [5, 5.41) is 19.9. The van der Waals surface area contributed by atoms with Crippen LogP contribution in [0.5, 0.6) is 0 Å². The van der Waals surface area contributed by atoms with E-state index in [9.17, 15) is 24.6 Å². The van der Waals surface area contributed by atoms with Crippen LogP contribution >= 0.6 is 11.8 Å². The van der Waals surface area contributed by atoms with Crippen LogP contribution in [0.4, 0.5) is 0 Å². The fraction of sp³-hybridized carbons (Fsp3) is 0.727. The lowest BCUT2D eigenvalue weighted by Crippen LogP contribution is -2.63. The highest BCUT2D eigenvalue weighted by Gasteiger charge is 2.60. The van der Waals surface area contributed by atoms with Crippen LogP contribution in [0.2, 0.25) is 0 Å². The zero-order valence-corrected chi connectivity index (χ0v) is 20.3. The van der Waals surface area contributed by atoms with Crippen LogP contribution in [0.1, 0.15) is 33.6 Å². The number of likely N-dealkylation sites (tertiary alicyclic amines) is 2. The second-order valence-corrected chi connectivity index (χ2v) is 11.0. The number of aliphatic hydroxyl groups is 1. The number of hydrogen-bond acceptors (Lipinski definition) is 7. The molecule has 4 rings (SSSR count). The molecular weight excluding hydrogens is 446 g/mol. The molecule has 182 valence electrons. The van der Waals surface area contributed by atoms with Crippen molar-refractivity contribution >= 4 is 35.4 Å². The van der Waals surface area contributed by atoms with E-state index in [-0.39, 0.29) is 46.8 Å². The number of likely N-dealkylation sites (N-methyl/N-ethyl adjacent to an activating group) is 1. The molecule has 3 saturated heterocycles. The number of nitrogens with two attached hydrogens (primary N) is 1. The van der Waals surface area contributed by atoms with Gasteiger partial charge in [0.1, 0.15) is 5.70 Å². The van der Waals surface area contributed by atoms with Gasteiger partial charge in [-0.05, 0) is 33.7 Å². The third-order valence-electron chi connectivity index (χ3n) is 7.26. The van der Waals surface area contributed by atoms with Gasteiger partial charge in [0.15, 0.2) is 0 Å². The van der Waals surface area contributed by atoms with Gasteiger partial charge in [-0.2, -0.15) is 0 Å². The Morgan fingerprint density at radius 1 is 1.30 bits per heavy atom. The first-order chi connectivity index (χ1) is 15.5. The lowest BCUT2D eigenvalue weighted by atomic mass is 9.79. The number of aliphatic carboxylic acids is 1. The van der Waals surface area contributed by atoms with Gasteiger partial charge in [0.25, 0.3) is 0 Å². The average molecular weight is 480 g/mol. The molecule has 0 aromatic rings. The number of carboxylic acids is 1. The van der Waals surface area contributed by atoms with E-state index in [2.05, 4.69) is 4.99 Å². The van der Waals surface area contributed by atoms with Crippen LogP contribution < -0.4 is 5.73 Å². The molecule has 4 aliphatic heterocycles. The molecule has 10 nitrogen and oxygen atoms in total. The molecule has 0 aliphatic carbocycles. The number of amidine groups is 1. The van der Waals surface area contributed by atoms with Crippen LogP contribution in [0.15, 0.2) is 15.6 Å². The maximum absolute atomic E-state index is 13.2. The topological polar surface area (TPSA) is 140 Å². The smallest absolute Gasteiger partial charge is 0.353 e. The van der Waals surface area contributed by atoms with Gasteiger partial charge in [-0.3, -0.25) is 19.5 Å². The van der Waals surface area contributed by atoms with Crippen molar-refractivity contribution in [2.75, 3.05) is 26.7 Å². The summed E-state index contributed by atoms with van der Waals surface area (Å²) in [4.78, 5) is 48.1.